The molecule has 0 radical (unpaired) electrons. The Morgan fingerprint density at radius 2 is 2.54 bits per heavy atom. The molecule has 0 saturated carbocycles. The quantitative estimate of drug-likeness (QED) is 0.590. The zero-order valence-corrected chi connectivity index (χ0v) is 10.8. The van der Waals surface area contributed by atoms with Gasteiger partial charge in [0.1, 0.15) is 6.33 Å². The van der Waals surface area contributed by atoms with Gasteiger partial charge >= 0.3 is 0 Å². The van der Waals surface area contributed by atoms with Crippen LogP contribution in [-0.2, 0) is 0 Å². The second-order valence-electron chi connectivity index (χ2n) is 2.83. The Morgan fingerprint density at radius 3 is 3.08 bits per heavy atom. The minimum atomic E-state index is 0.763. The fourth-order valence-corrected chi connectivity index (χ4v) is 3.49. The highest BCUT2D eigenvalue weighted by Gasteiger charge is 2.07. The molecule has 0 aliphatic rings. The van der Waals surface area contributed by atoms with Crippen LogP contribution in [0.3, 0.4) is 0 Å². The van der Waals surface area contributed by atoms with Crippen molar-refractivity contribution in [1.29, 1.82) is 0 Å². The SMILES string of the molecule is CCCC(CBr)CSc1ncns1. The van der Waals surface area contributed by atoms with Crippen molar-refractivity contribution < 1.29 is 0 Å². The molecule has 1 aromatic rings. The topological polar surface area (TPSA) is 25.8 Å². The second-order valence-corrected chi connectivity index (χ2v) is 5.52. The second kappa shape index (κ2) is 6.79. The molecule has 0 spiro atoms. The predicted molar refractivity (Wildman–Crippen MR) is 62.8 cm³/mol. The van der Waals surface area contributed by atoms with E-state index in [2.05, 4.69) is 32.2 Å². The number of nitrogens with zero attached hydrogens (tertiary/aromatic N) is 2. The summed E-state index contributed by atoms with van der Waals surface area (Å²) in [4.78, 5) is 4.14. The maximum Gasteiger partial charge on any atom is 0.169 e. The highest BCUT2D eigenvalue weighted by atomic mass is 79.9. The number of aromatic nitrogens is 2. The molecular formula is C8H13BrN2S2. The number of hydrogen-bond acceptors (Lipinski definition) is 4. The molecular weight excluding hydrogens is 268 g/mol. The molecule has 1 rings (SSSR count). The smallest absolute Gasteiger partial charge is 0.169 e. The first kappa shape index (κ1) is 11.5. The van der Waals surface area contributed by atoms with Gasteiger partial charge in [0.2, 0.25) is 0 Å². The molecule has 2 nitrogen and oxygen atoms in total. The van der Waals surface area contributed by atoms with Crippen molar-refractivity contribution in [3.05, 3.63) is 6.33 Å². The van der Waals surface area contributed by atoms with Gasteiger partial charge in [0, 0.05) is 11.1 Å². The van der Waals surface area contributed by atoms with E-state index in [1.807, 2.05) is 11.8 Å². The van der Waals surface area contributed by atoms with E-state index in [-0.39, 0.29) is 0 Å². The summed E-state index contributed by atoms with van der Waals surface area (Å²) in [5, 5.41) is 1.09. The Bertz CT molecular complexity index is 216. The summed E-state index contributed by atoms with van der Waals surface area (Å²) in [6.07, 6.45) is 4.17. The van der Waals surface area contributed by atoms with Crippen LogP contribution in [0.25, 0.3) is 0 Å². The molecule has 0 amide bonds. The molecule has 1 heterocycles. The summed E-state index contributed by atoms with van der Waals surface area (Å²) >= 11 is 6.83. The highest BCUT2D eigenvalue weighted by Crippen LogP contribution is 2.24. The third-order valence-electron chi connectivity index (χ3n) is 1.70. The van der Waals surface area contributed by atoms with Gasteiger partial charge < -0.3 is 0 Å². The van der Waals surface area contributed by atoms with Gasteiger partial charge in [-0.1, -0.05) is 41.0 Å². The molecule has 0 bridgehead atoms. The van der Waals surface area contributed by atoms with Gasteiger partial charge in [-0.15, -0.1) is 0 Å². The first-order valence-electron chi connectivity index (χ1n) is 4.32. The number of halogens is 1. The minimum absolute atomic E-state index is 0.763. The highest BCUT2D eigenvalue weighted by molar-refractivity contribution is 9.09. The molecule has 13 heavy (non-hydrogen) atoms. The lowest BCUT2D eigenvalue weighted by atomic mass is 10.1. The fourth-order valence-electron chi connectivity index (χ4n) is 1.03. The van der Waals surface area contributed by atoms with Crippen molar-refractivity contribution in [3.63, 3.8) is 0 Å². The van der Waals surface area contributed by atoms with E-state index in [1.165, 1.54) is 24.4 Å². The minimum Gasteiger partial charge on any atom is -0.216 e. The van der Waals surface area contributed by atoms with Crippen LogP contribution in [0.1, 0.15) is 19.8 Å². The number of rotatable bonds is 6. The van der Waals surface area contributed by atoms with Crippen LogP contribution in [-0.4, -0.2) is 20.4 Å². The first-order valence-corrected chi connectivity index (χ1v) is 7.20. The van der Waals surface area contributed by atoms with Crippen LogP contribution in [0.2, 0.25) is 0 Å². The lowest BCUT2D eigenvalue weighted by Crippen LogP contribution is -2.04. The molecule has 0 N–H and O–H groups in total. The number of hydrogen-bond donors (Lipinski definition) is 0. The summed E-state index contributed by atoms with van der Waals surface area (Å²) in [6, 6.07) is 0. The Hall–Kier alpha value is 0.390. The first-order chi connectivity index (χ1) is 6.36. The van der Waals surface area contributed by atoms with E-state index in [1.54, 1.807) is 6.33 Å². The van der Waals surface area contributed by atoms with E-state index < -0.39 is 0 Å². The predicted octanol–water partition coefficient (Wildman–Crippen LogP) is 3.44. The molecule has 0 aromatic carbocycles. The van der Waals surface area contributed by atoms with Crippen molar-refractivity contribution in [2.24, 2.45) is 5.92 Å². The van der Waals surface area contributed by atoms with Gasteiger partial charge in [0.15, 0.2) is 4.34 Å². The number of thioether (sulfide) groups is 1. The maximum atomic E-state index is 4.14. The molecule has 0 aliphatic heterocycles. The van der Waals surface area contributed by atoms with E-state index in [0.717, 1.165) is 21.3 Å². The zero-order chi connectivity index (χ0) is 9.52. The monoisotopic (exact) mass is 280 g/mol. The van der Waals surface area contributed by atoms with E-state index in [4.69, 9.17) is 0 Å². The van der Waals surface area contributed by atoms with Crippen LogP contribution in [0.15, 0.2) is 10.7 Å². The summed E-state index contributed by atoms with van der Waals surface area (Å²) in [6.45, 7) is 2.23. The molecule has 1 aromatic heterocycles. The van der Waals surface area contributed by atoms with Gasteiger partial charge in [-0.05, 0) is 23.9 Å². The summed E-state index contributed by atoms with van der Waals surface area (Å²) in [7, 11) is 0. The van der Waals surface area contributed by atoms with Gasteiger partial charge in [-0.25, -0.2) is 4.98 Å². The Kier molecular flexibility index (Phi) is 5.98. The van der Waals surface area contributed by atoms with Crippen LogP contribution >= 0.6 is 39.2 Å². The summed E-state index contributed by atoms with van der Waals surface area (Å²) < 4.78 is 5.06. The van der Waals surface area contributed by atoms with E-state index in [0.29, 0.717) is 0 Å². The van der Waals surface area contributed by atoms with Crippen LogP contribution in [0.4, 0.5) is 0 Å². The van der Waals surface area contributed by atoms with Gasteiger partial charge in [0.05, 0.1) is 0 Å². The average Bonchev–Trinajstić information content (AvgIpc) is 2.64. The molecule has 0 saturated heterocycles. The van der Waals surface area contributed by atoms with Crippen LogP contribution < -0.4 is 0 Å². The van der Waals surface area contributed by atoms with Crippen LogP contribution in [0.5, 0.6) is 0 Å². The average molecular weight is 281 g/mol. The molecule has 1 unspecified atom stereocenters. The lowest BCUT2D eigenvalue weighted by molar-refractivity contribution is 0.597. The zero-order valence-electron chi connectivity index (χ0n) is 7.57. The summed E-state index contributed by atoms with van der Waals surface area (Å²) in [5.74, 6) is 1.91. The van der Waals surface area contributed by atoms with Gasteiger partial charge in [-0.2, -0.15) is 4.37 Å². The maximum absolute atomic E-state index is 4.14. The van der Waals surface area contributed by atoms with Crippen molar-refractivity contribution in [2.75, 3.05) is 11.1 Å². The van der Waals surface area contributed by atoms with E-state index in [9.17, 15) is 0 Å². The van der Waals surface area contributed by atoms with Crippen molar-refractivity contribution in [2.45, 2.75) is 24.1 Å². The molecule has 0 aliphatic carbocycles. The molecule has 0 fully saturated rings. The van der Waals surface area contributed by atoms with Crippen molar-refractivity contribution in [3.8, 4) is 0 Å². The lowest BCUT2D eigenvalue weighted by Gasteiger charge is -2.10. The Labute approximate surface area is 95.8 Å². The molecule has 74 valence electrons. The fraction of sp³-hybridized carbons (Fsp3) is 0.750. The third kappa shape index (κ3) is 4.42. The van der Waals surface area contributed by atoms with Crippen molar-refractivity contribution in [1.82, 2.24) is 9.36 Å². The van der Waals surface area contributed by atoms with Gasteiger partial charge in [-0.3, -0.25) is 0 Å². The van der Waals surface area contributed by atoms with Gasteiger partial charge in [0.25, 0.3) is 0 Å². The Morgan fingerprint density at radius 1 is 1.69 bits per heavy atom. The molecule has 1 atom stereocenters. The van der Waals surface area contributed by atoms with E-state index >= 15 is 0 Å². The molecule has 5 heteroatoms. The normalized spacial score (nSPS) is 13.1. The third-order valence-corrected chi connectivity index (χ3v) is 4.64. The Balaban J connectivity index is 2.23. The van der Waals surface area contributed by atoms with Crippen molar-refractivity contribution >= 4 is 39.2 Å². The summed E-state index contributed by atoms with van der Waals surface area (Å²) in [5.41, 5.74) is 0. The standard InChI is InChI=1S/C8H13BrN2S2/c1-2-3-7(4-9)5-12-8-10-6-11-13-8/h6-7H,2-5H2,1H3. The largest absolute Gasteiger partial charge is 0.216 e. The number of alkyl halides is 1. The van der Waals surface area contributed by atoms with Crippen LogP contribution in [0, 0.1) is 5.92 Å².